The summed E-state index contributed by atoms with van der Waals surface area (Å²) < 4.78 is 12.8. The van der Waals surface area contributed by atoms with Crippen LogP contribution in [-0.2, 0) is 6.54 Å². The summed E-state index contributed by atoms with van der Waals surface area (Å²) >= 11 is 0. The van der Waals surface area contributed by atoms with E-state index in [1.54, 1.807) is 0 Å². The smallest absolute Gasteiger partial charge is 0.257 e. The topological polar surface area (TPSA) is 104 Å². The molecule has 8 nitrogen and oxygen atoms in total. The number of carbonyl (C=O) groups excluding carboxylic acids is 1. The number of aromatic nitrogens is 3. The van der Waals surface area contributed by atoms with Crippen LogP contribution < -0.4 is 20.5 Å². The van der Waals surface area contributed by atoms with Gasteiger partial charge in [-0.2, -0.15) is 0 Å². The van der Waals surface area contributed by atoms with Crippen molar-refractivity contribution in [3.8, 4) is 11.5 Å². The van der Waals surface area contributed by atoms with E-state index in [9.17, 15) is 4.79 Å². The molecule has 0 atom stereocenters. The Kier molecular flexibility index (Phi) is 5.48. The Balaban J connectivity index is 1.36. The number of nitrogens with one attached hydrogen (secondary N) is 1. The molecule has 6 rings (SSSR count). The molecule has 0 fully saturated rings. The maximum Gasteiger partial charge on any atom is 0.257 e. The third-order valence-corrected chi connectivity index (χ3v) is 6.71. The molecule has 2 aromatic heterocycles. The first-order valence-electron chi connectivity index (χ1n) is 12.1. The van der Waals surface area contributed by atoms with Crippen LogP contribution >= 0.6 is 0 Å². The van der Waals surface area contributed by atoms with Crippen molar-refractivity contribution in [2.45, 2.75) is 38.6 Å². The van der Waals surface area contributed by atoms with Gasteiger partial charge in [0.05, 0.1) is 17.6 Å². The highest BCUT2D eigenvalue weighted by molar-refractivity contribution is 6.10. The molecule has 0 unspecified atom stereocenters. The van der Waals surface area contributed by atoms with Crippen LogP contribution in [0.1, 0.15) is 48.0 Å². The Hall–Kier alpha value is -4.07. The number of carbonyl (C=O) groups is 1. The fourth-order valence-electron chi connectivity index (χ4n) is 4.88. The van der Waals surface area contributed by atoms with Gasteiger partial charge in [-0.3, -0.25) is 4.79 Å². The molecule has 0 saturated heterocycles. The van der Waals surface area contributed by atoms with E-state index in [1.807, 2.05) is 47.0 Å². The number of benzene rings is 2. The Morgan fingerprint density at radius 3 is 2.71 bits per heavy atom. The summed E-state index contributed by atoms with van der Waals surface area (Å²) in [5, 5.41) is 3.06. The number of hydrogen-bond acceptors (Lipinski definition) is 6. The van der Waals surface area contributed by atoms with E-state index in [0.29, 0.717) is 41.4 Å². The minimum Gasteiger partial charge on any atom is -0.454 e. The number of allylic oxidation sites excluding steroid dienone is 1. The second-order valence-corrected chi connectivity index (χ2v) is 9.03. The van der Waals surface area contributed by atoms with Gasteiger partial charge in [0.2, 0.25) is 6.79 Å². The fourth-order valence-corrected chi connectivity index (χ4v) is 4.88. The highest BCUT2D eigenvalue weighted by Crippen LogP contribution is 2.34. The quantitative estimate of drug-likeness (QED) is 0.401. The van der Waals surface area contributed by atoms with Gasteiger partial charge in [0.15, 0.2) is 17.1 Å². The summed E-state index contributed by atoms with van der Waals surface area (Å²) in [6.45, 7) is 1.21. The number of ether oxygens (including phenoxy) is 2. The molecule has 1 amide bonds. The molecular formula is C27H27N5O3. The summed E-state index contributed by atoms with van der Waals surface area (Å²) in [7, 11) is 0. The van der Waals surface area contributed by atoms with Gasteiger partial charge < -0.3 is 25.1 Å². The summed E-state index contributed by atoms with van der Waals surface area (Å²) in [5.41, 5.74) is 11.9. The molecule has 8 heteroatoms. The van der Waals surface area contributed by atoms with E-state index >= 15 is 0 Å². The lowest BCUT2D eigenvalue weighted by atomic mass is 9.97. The Morgan fingerprint density at radius 2 is 1.89 bits per heavy atom. The monoisotopic (exact) mass is 469 g/mol. The summed E-state index contributed by atoms with van der Waals surface area (Å²) in [6.07, 6.45) is 7.89. The van der Waals surface area contributed by atoms with Crippen molar-refractivity contribution in [2.75, 3.05) is 19.1 Å². The van der Waals surface area contributed by atoms with E-state index in [1.165, 1.54) is 18.4 Å². The number of nitrogen functional groups attached to an aromatic ring is 1. The lowest BCUT2D eigenvalue weighted by Gasteiger charge is -2.13. The SMILES string of the molecule is Nc1c(C(=O)NCCC2=CCCCC2)c2nc3ccccc3nc2n1Cc1ccc2c(c1)OCO2. The number of hydrogen-bond donors (Lipinski definition) is 2. The summed E-state index contributed by atoms with van der Waals surface area (Å²) in [4.78, 5) is 23.0. The maximum absolute atomic E-state index is 13.3. The summed E-state index contributed by atoms with van der Waals surface area (Å²) in [5.74, 6) is 1.54. The number of rotatable bonds is 6. The molecule has 1 aliphatic carbocycles. The standard InChI is InChI=1S/C27H27N5O3/c28-25-23(27(33)29-13-12-17-6-2-1-3-7-17)24-26(31-20-9-5-4-8-19(20)30-24)32(25)15-18-10-11-21-22(14-18)35-16-34-21/h4-6,8-11,14H,1-3,7,12-13,15-16,28H2,(H,29,33). The van der Waals surface area contributed by atoms with Crippen LogP contribution in [0.5, 0.6) is 11.5 Å². The average Bonchev–Trinajstić information content (AvgIpc) is 3.45. The van der Waals surface area contributed by atoms with Crippen LogP contribution in [0.25, 0.3) is 22.2 Å². The molecule has 35 heavy (non-hydrogen) atoms. The molecule has 3 heterocycles. The van der Waals surface area contributed by atoms with Crippen molar-refractivity contribution >= 4 is 33.9 Å². The zero-order valence-corrected chi connectivity index (χ0v) is 19.4. The minimum absolute atomic E-state index is 0.214. The van der Waals surface area contributed by atoms with Crippen LogP contribution in [0.4, 0.5) is 5.82 Å². The highest BCUT2D eigenvalue weighted by Gasteiger charge is 2.24. The fraction of sp³-hybridized carbons (Fsp3) is 0.296. The van der Waals surface area contributed by atoms with Crippen LogP contribution in [0.2, 0.25) is 0 Å². The molecular weight excluding hydrogens is 442 g/mol. The van der Waals surface area contributed by atoms with Crippen LogP contribution in [0, 0.1) is 0 Å². The van der Waals surface area contributed by atoms with Gasteiger partial charge in [0, 0.05) is 6.54 Å². The number of anilines is 1. The first-order valence-corrected chi connectivity index (χ1v) is 12.1. The van der Waals surface area contributed by atoms with Crippen molar-refractivity contribution in [3.05, 3.63) is 65.2 Å². The molecule has 2 aromatic carbocycles. The van der Waals surface area contributed by atoms with Crippen LogP contribution in [0.15, 0.2) is 54.1 Å². The Morgan fingerprint density at radius 1 is 1.06 bits per heavy atom. The number of nitrogens with two attached hydrogens (primary N) is 1. The predicted octanol–water partition coefficient (Wildman–Crippen LogP) is 4.56. The molecule has 1 aliphatic heterocycles. The van der Waals surface area contributed by atoms with Crippen LogP contribution in [0.3, 0.4) is 0 Å². The molecule has 178 valence electrons. The minimum atomic E-state index is -0.224. The van der Waals surface area contributed by atoms with Gasteiger partial charge in [0.1, 0.15) is 16.9 Å². The second kappa shape index (κ2) is 8.94. The third-order valence-electron chi connectivity index (χ3n) is 6.71. The van der Waals surface area contributed by atoms with Crippen molar-refractivity contribution in [1.82, 2.24) is 19.9 Å². The number of fused-ring (bicyclic) bond motifs is 3. The number of para-hydroxylation sites is 2. The van der Waals surface area contributed by atoms with Gasteiger partial charge in [-0.05, 0) is 61.9 Å². The molecule has 0 radical (unpaired) electrons. The Bertz CT molecular complexity index is 1470. The first-order chi connectivity index (χ1) is 17.2. The van der Waals surface area contributed by atoms with E-state index in [2.05, 4.69) is 11.4 Å². The zero-order valence-electron chi connectivity index (χ0n) is 19.4. The molecule has 2 aliphatic rings. The van der Waals surface area contributed by atoms with Gasteiger partial charge in [-0.25, -0.2) is 9.97 Å². The van der Waals surface area contributed by atoms with E-state index in [-0.39, 0.29) is 12.7 Å². The average molecular weight is 470 g/mol. The van der Waals surface area contributed by atoms with Crippen molar-refractivity contribution in [3.63, 3.8) is 0 Å². The van der Waals surface area contributed by atoms with E-state index in [0.717, 1.165) is 41.6 Å². The zero-order chi connectivity index (χ0) is 23.8. The normalized spacial score (nSPS) is 14.9. The Labute approximate surface area is 202 Å². The van der Waals surface area contributed by atoms with Gasteiger partial charge in [0.25, 0.3) is 5.91 Å². The molecule has 0 spiro atoms. The molecule has 0 bridgehead atoms. The molecule has 4 aromatic rings. The lowest BCUT2D eigenvalue weighted by Crippen LogP contribution is -2.26. The summed E-state index contributed by atoms with van der Waals surface area (Å²) in [6, 6.07) is 13.4. The molecule has 0 saturated carbocycles. The second-order valence-electron chi connectivity index (χ2n) is 9.03. The molecule has 3 N–H and O–H groups in total. The van der Waals surface area contributed by atoms with Gasteiger partial charge in [-0.1, -0.05) is 29.8 Å². The first kappa shape index (κ1) is 21.5. The lowest BCUT2D eigenvalue weighted by molar-refractivity contribution is 0.0956. The number of amides is 1. The van der Waals surface area contributed by atoms with Crippen molar-refractivity contribution in [2.24, 2.45) is 0 Å². The van der Waals surface area contributed by atoms with Crippen molar-refractivity contribution < 1.29 is 14.3 Å². The van der Waals surface area contributed by atoms with E-state index < -0.39 is 0 Å². The van der Waals surface area contributed by atoms with Crippen molar-refractivity contribution in [1.29, 1.82) is 0 Å². The number of nitrogens with zero attached hydrogens (tertiary/aromatic N) is 3. The largest absolute Gasteiger partial charge is 0.454 e. The van der Waals surface area contributed by atoms with Crippen LogP contribution in [-0.4, -0.2) is 33.8 Å². The maximum atomic E-state index is 13.3. The van der Waals surface area contributed by atoms with Gasteiger partial charge >= 0.3 is 0 Å². The predicted molar refractivity (Wildman–Crippen MR) is 135 cm³/mol. The van der Waals surface area contributed by atoms with E-state index in [4.69, 9.17) is 25.2 Å². The third kappa shape index (κ3) is 4.05. The van der Waals surface area contributed by atoms with Gasteiger partial charge in [-0.15, -0.1) is 0 Å². The highest BCUT2D eigenvalue weighted by atomic mass is 16.7.